The quantitative estimate of drug-likeness (QED) is 0.0568. The smallest absolute Gasteiger partial charge is 0.872 e. The molecular weight excluding hydrogens is 721 g/mol. The average Bonchev–Trinajstić information content (AvgIpc) is 3.06. The van der Waals surface area contributed by atoms with Gasteiger partial charge in [-0.3, -0.25) is 4.55 Å². The van der Waals surface area contributed by atoms with Crippen molar-refractivity contribution in [3.63, 3.8) is 0 Å². The van der Waals surface area contributed by atoms with Crippen LogP contribution in [0.3, 0.4) is 0 Å². The molecule has 2 N–H and O–H groups in total. The Morgan fingerprint density at radius 1 is 0.588 bits per heavy atom. The molecule has 0 aliphatic carbocycles. The van der Waals surface area contributed by atoms with E-state index in [4.69, 9.17) is 14.0 Å². The van der Waals surface area contributed by atoms with Gasteiger partial charge in [0.05, 0.1) is 4.90 Å². The second kappa shape index (κ2) is 22.3. The normalized spacial score (nSPS) is 11.2. The Morgan fingerprint density at radius 3 is 1.47 bits per heavy atom. The van der Waals surface area contributed by atoms with Crippen molar-refractivity contribution in [1.29, 1.82) is 0 Å². The topological polar surface area (TPSA) is 173 Å². The molecule has 4 aromatic carbocycles. The molecule has 0 unspecified atom stereocenters. The maximum atomic E-state index is 11.5. The minimum absolute atomic E-state index is 0. The van der Waals surface area contributed by atoms with Crippen molar-refractivity contribution in [3.05, 3.63) is 96.1 Å². The monoisotopic (exact) mass is 766 g/mol. The van der Waals surface area contributed by atoms with E-state index >= 15 is 0 Å². The average molecular weight is 767 g/mol. The van der Waals surface area contributed by atoms with E-state index in [-0.39, 0.29) is 49.2 Å². The first-order valence-electron chi connectivity index (χ1n) is 16.9. The Labute approximate surface area is 332 Å². The van der Waals surface area contributed by atoms with Crippen LogP contribution < -0.4 is 14.6 Å². The van der Waals surface area contributed by atoms with Crippen molar-refractivity contribution < 1.29 is 45.6 Å². The van der Waals surface area contributed by atoms with E-state index in [1.165, 1.54) is 69.6 Å². The fourth-order valence-corrected chi connectivity index (χ4v) is 6.35. The predicted octanol–water partition coefficient (Wildman–Crippen LogP) is 8.53. The van der Waals surface area contributed by atoms with Gasteiger partial charge < -0.3 is 24.2 Å². The van der Waals surface area contributed by atoms with Gasteiger partial charge in [0.25, 0.3) is 10.1 Å². The fourth-order valence-electron chi connectivity index (χ4n) is 5.18. The number of aromatic hydroxyl groups is 1. The first-order valence-corrected chi connectivity index (χ1v) is 19.8. The number of aryl methyl sites for hydroxylation is 2. The molecule has 0 aliphatic rings. The zero-order valence-electron chi connectivity index (χ0n) is 29.3. The summed E-state index contributed by atoms with van der Waals surface area (Å²) in [6, 6.07) is 22.2. The molecule has 0 spiro atoms. The largest absolute Gasteiger partial charge is 2.00 e. The van der Waals surface area contributed by atoms with E-state index in [2.05, 4.69) is 13.8 Å². The summed E-state index contributed by atoms with van der Waals surface area (Å²) in [6.07, 6.45) is 14.0. The van der Waals surface area contributed by atoms with Crippen LogP contribution in [0.4, 0.5) is 0 Å². The number of rotatable bonds is 18. The Bertz CT molecular complexity index is 1740. The molecule has 272 valence electrons. The molecule has 4 rings (SSSR count). The molecule has 0 amide bonds. The van der Waals surface area contributed by atoms with E-state index in [0.717, 1.165) is 55.0 Å². The third-order valence-corrected chi connectivity index (χ3v) is 9.54. The second-order valence-corrected chi connectivity index (χ2v) is 14.7. The summed E-state index contributed by atoms with van der Waals surface area (Å²) in [7, 11) is -9.32. The Balaban J connectivity index is 0.000000347. The number of hydrogen-bond donors (Lipinski definition) is 2. The van der Waals surface area contributed by atoms with E-state index in [9.17, 15) is 31.6 Å². The molecule has 13 heteroatoms. The van der Waals surface area contributed by atoms with Crippen molar-refractivity contribution in [2.75, 3.05) is 0 Å². The molecule has 4 aromatic rings. The van der Waals surface area contributed by atoms with Crippen molar-refractivity contribution in [1.82, 2.24) is 0 Å². The van der Waals surface area contributed by atoms with Gasteiger partial charge in [0.15, 0.2) is 0 Å². The third-order valence-electron chi connectivity index (χ3n) is 7.80. The van der Waals surface area contributed by atoms with Gasteiger partial charge in [-0.2, -0.15) is 8.42 Å². The molecule has 0 fully saturated rings. The van der Waals surface area contributed by atoms with E-state index in [0.29, 0.717) is 11.5 Å². The van der Waals surface area contributed by atoms with Gasteiger partial charge in [-0.15, -0.1) is 0 Å². The molecule has 0 heterocycles. The predicted molar refractivity (Wildman–Crippen MR) is 195 cm³/mol. The van der Waals surface area contributed by atoms with Gasteiger partial charge >= 0.3 is 37.7 Å². The molecule has 0 saturated carbocycles. The summed E-state index contributed by atoms with van der Waals surface area (Å²) in [5, 5.41) is 21.0. The van der Waals surface area contributed by atoms with Gasteiger partial charge in [-0.05, 0) is 85.3 Å². The molecule has 0 aromatic heterocycles. The summed E-state index contributed by atoms with van der Waals surface area (Å²) < 4.78 is 76.2. The Hall–Kier alpha value is -2.84. The van der Waals surface area contributed by atoms with Crippen molar-refractivity contribution in [2.24, 2.45) is 0 Å². The number of phenols is 1. The number of hydrogen-bond acceptors (Lipinski definition) is 9. The van der Waals surface area contributed by atoms with Crippen LogP contribution in [-0.4, -0.2) is 68.8 Å². The van der Waals surface area contributed by atoms with Crippen LogP contribution in [0.5, 0.6) is 34.5 Å². The zero-order valence-corrected chi connectivity index (χ0v) is 33.1. The SMILES string of the molecule is CCCCCCCc1cccc(Oc2ccc(O)c(S(=O)(=O)O)c2)c1.CCCCCCCc1cccc(Oc2ccc([O-])c(S(=O)(=O)[O-])c2)c1.[Ca+2]. The van der Waals surface area contributed by atoms with Crippen molar-refractivity contribution in [3.8, 4) is 34.5 Å². The minimum atomic E-state index is -4.82. The van der Waals surface area contributed by atoms with E-state index < -0.39 is 41.5 Å². The van der Waals surface area contributed by atoms with Crippen LogP contribution in [0.1, 0.15) is 89.2 Å². The standard InChI is InChI=1S/2C19H24O5S.Ca/c2*1-2-3-4-5-6-8-15-9-7-10-16(13-15)24-17-11-12-18(20)19(14-17)25(21,22)23;/h2*7,9-14,20H,2-6,8H2,1H3,(H,21,22,23);/q;;+2/p-2. The molecule has 51 heavy (non-hydrogen) atoms. The Morgan fingerprint density at radius 2 is 1.02 bits per heavy atom. The maximum Gasteiger partial charge on any atom is 2.00 e. The summed E-state index contributed by atoms with van der Waals surface area (Å²) in [4.78, 5) is -1.37. The summed E-state index contributed by atoms with van der Waals surface area (Å²) in [5.74, 6) is 0.149. The summed E-state index contributed by atoms with van der Waals surface area (Å²) in [5.41, 5.74) is 2.29. The molecule has 0 aliphatic heterocycles. The van der Waals surface area contributed by atoms with E-state index in [1.54, 1.807) is 12.1 Å². The number of benzene rings is 4. The first kappa shape index (κ1) is 44.3. The zero-order chi connectivity index (χ0) is 36.6. The van der Waals surface area contributed by atoms with Crippen LogP contribution >= 0.6 is 0 Å². The van der Waals surface area contributed by atoms with Crippen LogP contribution in [-0.2, 0) is 33.1 Å². The van der Waals surface area contributed by atoms with Gasteiger partial charge in [0.1, 0.15) is 43.8 Å². The molecule has 0 atom stereocenters. The Kier molecular flexibility index (Phi) is 19.4. The maximum absolute atomic E-state index is 11.5. The summed E-state index contributed by atoms with van der Waals surface area (Å²) >= 11 is 0. The molecule has 0 saturated heterocycles. The number of ether oxygens (including phenoxy) is 2. The molecular formula is C38H46CaO10S2. The van der Waals surface area contributed by atoms with Crippen LogP contribution in [0.15, 0.2) is 94.7 Å². The van der Waals surface area contributed by atoms with Crippen LogP contribution in [0.25, 0.3) is 0 Å². The number of phenolic OH excluding ortho intramolecular Hbond substituents is 1. The van der Waals surface area contributed by atoms with Gasteiger partial charge in [0.2, 0.25) is 0 Å². The van der Waals surface area contributed by atoms with E-state index in [1.807, 2.05) is 36.4 Å². The first-order chi connectivity index (χ1) is 23.8. The molecule has 10 nitrogen and oxygen atoms in total. The van der Waals surface area contributed by atoms with Gasteiger partial charge in [-0.1, -0.05) is 101 Å². The molecule has 0 radical (unpaired) electrons. The fraction of sp³-hybridized carbons (Fsp3) is 0.368. The van der Waals surface area contributed by atoms with Crippen LogP contribution in [0.2, 0.25) is 0 Å². The van der Waals surface area contributed by atoms with Crippen molar-refractivity contribution in [2.45, 2.75) is 101 Å². The van der Waals surface area contributed by atoms with Crippen LogP contribution in [0, 0.1) is 0 Å². The second-order valence-electron chi connectivity index (χ2n) is 12.0. The minimum Gasteiger partial charge on any atom is -0.872 e. The molecule has 0 bridgehead atoms. The van der Waals surface area contributed by atoms with Crippen molar-refractivity contribution >= 4 is 58.0 Å². The van der Waals surface area contributed by atoms with Gasteiger partial charge in [-0.25, -0.2) is 8.42 Å². The third kappa shape index (κ3) is 16.2. The van der Waals surface area contributed by atoms with Gasteiger partial charge in [0, 0.05) is 6.07 Å². The number of unbranched alkanes of at least 4 members (excludes halogenated alkanes) is 8. The summed E-state index contributed by atoms with van der Waals surface area (Å²) in [6.45, 7) is 4.38.